The highest BCUT2D eigenvalue weighted by Gasteiger charge is 2.22. The largest absolute Gasteiger partial charge is 0.497 e. The van der Waals surface area contributed by atoms with E-state index in [0.29, 0.717) is 17.2 Å². The molecule has 0 radical (unpaired) electrons. The lowest BCUT2D eigenvalue weighted by Gasteiger charge is -2.04. The van der Waals surface area contributed by atoms with Gasteiger partial charge in [0.05, 0.1) is 41.8 Å². The Hall–Kier alpha value is -4.28. The van der Waals surface area contributed by atoms with Crippen LogP contribution in [-0.2, 0) is 0 Å². The third-order valence-electron chi connectivity index (χ3n) is 4.03. The van der Waals surface area contributed by atoms with E-state index in [0.717, 1.165) is 11.3 Å². The number of hydrogen-bond donors (Lipinski definition) is 1. The third-order valence-corrected chi connectivity index (χ3v) is 4.03. The number of aromatic nitrogens is 3. The molecule has 2 heterocycles. The molecule has 3 aromatic rings. The Morgan fingerprint density at radius 1 is 1.24 bits per heavy atom. The molecule has 0 bridgehead atoms. The minimum absolute atomic E-state index is 0.0169. The van der Waals surface area contributed by atoms with Gasteiger partial charge in [0.2, 0.25) is 6.79 Å². The van der Waals surface area contributed by atoms with Crippen molar-refractivity contribution in [3.05, 3.63) is 58.3 Å². The monoisotopic (exact) mass is 394 g/mol. The number of nitrogens with one attached hydrogen (secondary N) is 1. The summed E-state index contributed by atoms with van der Waals surface area (Å²) in [6.07, 6.45) is 2.79. The summed E-state index contributed by atoms with van der Waals surface area (Å²) in [7, 11) is 1.59. The zero-order valence-electron chi connectivity index (χ0n) is 15.1. The summed E-state index contributed by atoms with van der Waals surface area (Å²) in [6, 6.07) is 10.1. The number of anilines is 1. The minimum atomic E-state index is -0.522. The van der Waals surface area contributed by atoms with E-state index < -0.39 is 4.92 Å². The zero-order chi connectivity index (χ0) is 20.2. The van der Waals surface area contributed by atoms with Crippen LogP contribution in [-0.4, -0.2) is 40.2 Å². The van der Waals surface area contributed by atoms with Crippen LogP contribution >= 0.6 is 0 Å². The molecule has 0 amide bonds. The summed E-state index contributed by atoms with van der Waals surface area (Å²) in [4.78, 5) is 15.1. The number of methoxy groups -OCH3 is 1. The molecule has 1 aliphatic rings. The molecular weight excluding hydrogens is 380 g/mol. The Morgan fingerprint density at radius 2 is 2.00 bits per heavy atom. The van der Waals surface area contributed by atoms with Crippen molar-refractivity contribution in [2.24, 2.45) is 5.10 Å². The Morgan fingerprint density at radius 3 is 2.72 bits per heavy atom. The van der Waals surface area contributed by atoms with Crippen LogP contribution < -0.4 is 19.6 Å². The summed E-state index contributed by atoms with van der Waals surface area (Å²) < 4.78 is 15.5. The average molecular weight is 394 g/mol. The van der Waals surface area contributed by atoms with Gasteiger partial charge in [-0.1, -0.05) is 0 Å². The van der Waals surface area contributed by atoms with Gasteiger partial charge in [-0.2, -0.15) is 10.2 Å². The maximum atomic E-state index is 11.3. The van der Waals surface area contributed by atoms with Crippen molar-refractivity contribution in [3.63, 3.8) is 0 Å². The minimum Gasteiger partial charge on any atom is -0.497 e. The van der Waals surface area contributed by atoms with E-state index in [4.69, 9.17) is 14.2 Å². The number of hydrogen-bond acceptors (Lipinski definition) is 10. The second-order valence-electron chi connectivity index (χ2n) is 5.79. The number of rotatable bonds is 6. The molecule has 0 aliphatic carbocycles. The lowest BCUT2D eigenvalue weighted by molar-refractivity contribution is -0.385. The molecule has 1 aromatic heterocycles. The summed E-state index contributed by atoms with van der Waals surface area (Å²) in [5.74, 6) is 1.60. The molecule has 1 N–H and O–H groups in total. The highest BCUT2D eigenvalue weighted by atomic mass is 16.7. The molecule has 0 unspecified atom stereocenters. The van der Waals surface area contributed by atoms with Gasteiger partial charge in [-0.05, 0) is 30.3 Å². The molecule has 0 atom stereocenters. The van der Waals surface area contributed by atoms with Gasteiger partial charge >= 0.3 is 0 Å². The number of nitrogens with zero attached hydrogens (tertiary/aromatic N) is 5. The summed E-state index contributed by atoms with van der Waals surface area (Å²) in [6.45, 7) is 0.0169. The fourth-order valence-electron chi connectivity index (χ4n) is 2.62. The molecule has 11 nitrogen and oxygen atoms in total. The summed E-state index contributed by atoms with van der Waals surface area (Å²) in [5.41, 5.74) is 4.10. The van der Waals surface area contributed by atoms with E-state index in [2.05, 4.69) is 25.7 Å². The molecule has 0 saturated carbocycles. The van der Waals surface area contributed by atoms with Crippen molar-refractivity contribution >= 4 is 17.9 Å². The van der Waals surface area contributed by atoms with E-state index in [1.807, 2.05) is 24.3 Å². The fourth-order valence-corrected chi connectivity index (χ4v) is 2.62. The zero-order valence-corrected chi connectivity index (χ0v) is 15.1. The normalized spacial score (nSPS) is 12.2. The predicted molar refractivity (Wildman–Crippen MR) is 102 cm³/mol. The number of hydrazone groups is 1. The SMILES string of the molecule is COc1ccc(-c2cnnc(N/N=C\c3cc4c(cc3[N+](=O)[O-])OCO4)n2)cc1. The highest BCUT2D eigenvalue weighted by molar-refractivity contribution is 5.87. The van der Waals surface area contributed by atoms with E-state index in [9.17, 15) is 10.1 Å². The van der Waals surface area contributed by atoms with Crippen molar-refractivity contribution in [1.82, 2.24) is 15.2 Å². The molecule has 1 aliphatic heterocycles. The number of nitro benzene ring substituents is 1. The standard InChI is InChI=1S/C18H14N6O5/c1-27-13-4-2-11(3-5-13)14-9-20-23-18(21-14)22-19-8-12-6-16-17(29-10-28-16)7-15(12)24(25)26/h2-9H,10H2,1H3,(H,21,22,23)/b19-8-. The molecule has 0 fully saturated rings. The predicted octanol–water partition coefficient (Wildman–Crippen LogP) is 2.63. The van der Waals surface area contributed by atoms with Gasteiger partial charge in [0.25, 0.3) is 11.6 Å². The van der Waals surface area contributed by atoms with E-state index in [1.165, 1.54) is 24.5 Å². The molecule has 29 heavy (non-hydrogen) atoms. The first-order chi connectivity index (χ1) is 14.1. The van der Waals surface area contributed by atoms with Crippen LogP contribution in [0.15, 0.2) is 47.7 Å². The molecule has 146 valence electrons. The van der Waals surface area contributed by atoms with Crippen LogP contribution in [0.3, 0.4) is 0 Å². The van der Waals surface area contributed by atoms with Crippen LogP contribution in [0.4, 0.5) is 11.6 Å². The first kappa shape index (κ1) is 18.1. The van der Waals surface area contributed by atoms with Crippen molar-refractivity contribution in [3.8, 4) is 28.5 Å². The molecule has 0 saturated heterocycles. The summed E-state index contributed by atoms with van der Waals surface area (Å²) >= 11 is 0. The molecule has 11 heteroatoms. The Kier molecular flexibility index (Phi) is 4.84. The van der Waals surface area contributed by atoms with Crippen molar-refractivity contribution in [2.75, 3.05) is 19.3 Å². The molecular formula is C18H14N6O5. The Bertz CT molecular complexity index is 1090. The molecule has 0 spiro atoms. The van der Waals surface area contributed by atoms with Gasteiger partial charge in [0.15, 0.2) is 11.5 Å². The van der Waals surface area contributed by atoms with Crippen LogP contribution in [0, 0.1) is 10.1 Å². The van der Waals surface area contributed by atoms with Crippen molar-refractivity contribution < 1.29 is 19.1 Å². The van der Waals surface area contributed by atoms with Gasteiger partial charge in [-0.25, -0.2) is 10.4 Å². The maximum Gasteiger partial charge on any atom is 0.282 e. The third kappa shape index (κ3) is 3.88. The number of ether oxygens (including phenoxy) is 3. The molecule has 4 rings (SSSR count). The fraction of sp³-hybridized carbons (Fsp3) is 0.111. The lowest BCUT2D eigenvalue weighted by Crippen LogP contribution is -2.01. The van der Waals surface area contributed by atoms with Crippen LogP contribution in [0.25, 0.3) is 11.3 Å². The summed E-state index contributed by atoms with van der Waals surface area (Å²) in [5, 5.41) is 23.0. The van der Waals surface area contributed by atoms with E-state index in [1.54, 1.807) is 7.11 Å². The lowest BCUT2D eigenvalue weighted by atomic mass is 10.1. The van der Waals surface area contributed by atoms with Gasteiger partial charge in [0.1, 0.15) is 5.75 Å². The van der Waals surface area contributed by atoms with Gasteiger partial charge in [-0.15, -0.1) is 5.10 Å². The Balaban J connectivity index is 1.53. The van der Waals surface area contributed by atoms with Crippen LogP contribution in [0.5, 0.6) is 17.2 Å². The number of nitro groups is 1. The van der Waals surface area contributed by atoms with Gasteiger partial charge in [-0.3, -0.25) is 10.1 Å². The Labute approximate surface area is 164 Å². The quantitative estimate of drug-likeness (QED) is 0.380. The van der Waals surface area contributed by atoms with Crippen LogP contribution in [0.2, 0.25) is 0 Å². The second-order valence-corrected chi connectivity index (χ2v) is 5.79. The topological polar surface area (TPSA) is 134 Å². The first-order valence-electron chi connectivity index (χ1n) is 8.35. The number of benzene rings is 2. The van der Waals surface area contributed by atoms with Crippen molar-refractivity contribution in [2.45, 2.75) is 0 Å². The highest BCUT2D eigenvalue weighted by Crippen LogP contribution is 2.37. The maximum absolute atomic E-state index is 11.3. The van der Waals surface area contributed by atoms with Crippen LogP contribution in [0.1, 0.15) is 5.56 Å². The average Bonchev–Trinajstić information content (AvgIpc) is 3.21. The number of fused-ring (bicyclic) bond motifs is 1. The van der Waals surface area contributed by atoms with Gasteiger partial charge < -0.3 is 14.2 Å². The smallest absolute Gasteiger partial charge is 0.282 e. The van der Waals surface area contributed by atoms with Crippen molar-refractivity contribution in [1.29, 1.82) is 0 Å². The van der Waals surface area contributed by atoms with E-state index in [-0.39, 0.29) is 24.0 Å². The second kappa shape index (κ2) is 7.76. The molecule has 2 aromatic carbocycles. The first-order valence-corrected chi connectivity index (χ1v) is 8.35. The van der Waals surface area contributed by atoms with E-state index >= 15 is 0 Å². The van der Waals surface area contributed by atoms with Gasteiger partial charge in [0, 0.05) is 5.56 Å².